The first kappa shape index (κ1) is 15.7. The van der Waals surface area contributed by atoms with Gasteiger partial charge in [-0.3, -0.25) is 0 Å². The Morgan fingerprint density at radius 3 is 2.67 bits per heavy atom. The van der Waals surface area contributed by atoms with E-state index in [0.717, 1.165) is 26.1 Å². The lowest BCUT2D eigenvalue weighted by molar-refractivity contribution is -0.174. The van der Waals surface area contributed by atoms with E-state index in [1.165, 1.54) is 0 Å². The Bertz CT molecular complexity index is 236. The van der Waals surface area contributed by atoms with Crippen LogP contribution < -0.4 is 5.32 Å². The van der Waals surface area contributed by atoms with Crippen LogP contribution in [-0.2, 0) is 4.74 Å². The molecule has 2 atom stereocenters. The van der Waals surface area contributed by atoms with Gasteiger partial charge in [0.1, 0.15) is 6.61 Å². The highest BCUT2D eigenvalue weighted by molar-refractivity contribution is 4.82. The smallest absolute Gasteiger partial charge is 0.371 e. The van der Waals surface area contributed by atoms with Gasteiger partial charge in [0.2, 0.25) is 0 Å². The average Bonchev–Trinajstić information content (AvgIpc) is 2.27. The van der Waals surface area contributed by atoms with Gasteiger partial charge in [-0.2, -0.15) is 13.2 Å². The molecule has 3 nitrogen and oxygen atoms in total. The highest BCUT2D eigenvalue weighted by Crippen LogP contribution is 2.17. The van der Waals surface area contributed by atoms with Gasteiger partial charge in [0.25, 0.3) is 0 Å². The Morgan fingerprint density at radius 1 is 1.39 bits per heavy atom. The Balaban J connectivity index is 2.14. The number of nitrogens with one attached hydrogen (secondary N) is 1. The normalized spacial score (nSPS) is 26.5. The maximum Gasteiger partial charge on any atom is 0.411 e. The SMILES string of the molecule is CCNC1CCN(CCOCC(F)(F)F)CC1C. The van der Waals surface area contributed by atoms with Gasteiger partial charge in [0.15, 0.2) is 0 Å². The number of likely N-dealkylation sites (tertiary alicyclic amines) is 1. The minimum atomic E-state index is -4.22. The molecule has 0 bridgehead atoms. The number of piperidine rings is 1. The molecular formula is C12H23F3N2O. The summed E-state index contributed by atoms with van der Waals surface area (Å²) < 4.78 is 40.2. The molecule has 1 N–H and O–H groups in total. The van der Waals surface area contributed by atoms with Crippen molar-refractivity contribution >= 4 is 0 Å². The van der Waals surface area contributed by atoms with Crippen molar-refractivity contribution in [3.8, 4) is 0 Å². The molecule has 1 aliphatic rings. The lowest BCUT2D eigenvalue weighted by atomic mass is 9.94. The second-order valence-electron chi connectivity index (χ2n) is 4.90. The molecule has 0 saturated carbocycles. The molecule has 108 valence electrons. The van der Waals surface area contributed by atoms with Gasteiger partial charge >= 0.3 is 6.18 Å². The predicted octanol–water partition coefficient (Wildman–Crippen LogP) is 1.89. The molecule has 1 heterocycles. The van der Waals surface area contributed by atoms with Crippen molar-refractivity contribution < 1.29 is 17.9 Å². The van der Waals surface area contributed by atoms with E-state index in [2.05, 4.69) is 28.8 Å². The van der Waals surface area contributed by atoms with Crippen molar-refractivity contribution in [1.82, 2.24) is 10.2 Å². The topological polar surface area (TPSA) is 24.5 Å². The zero-order chi connectivity index (χ0) is 13.6. The number of hydrogen-bond acceptors (Lipinski definition) is 3. The molecule has 2 unspecified atom stereocenters. The number of alkyl halides is 3. The molecule has 0 aromatic carbocycles. The third-order valence-electron chi connectivity index (χ3n) is 3.27. The largest absolute Gasteiger partial charge is 0.411 e. The van der Waals surface area contributed by atoms with Gasteiger partial charge in [-0.05, 0) is 25.4 Å². The Hall–Kier alpha value is -0.330. The summed E-state index contributed by atoms with van der Waals surface area (Å²) in [7, 11) is 0. The molecule has 6 heteroatoms. The zero-order valence-electron chi connectivity index (χ0n) is 11.1. The summed E-state index contributed by atoms with van der Waals surface area (Å²) in [6, 6.07) is 0.530. The molecule has 0 radical (unpaired) electrons. The minimum Gasteiger partial charge on any atom is -0.371 e. The van der Waals surface area contributed by atoms with Gasteiger partial charge in [-0.15, -0.1) is 0 Å². The first-order valence-corrected chi connectivity index (χ1v) is 6.52. The summed E-state index contributed by atoms with van der Waals surface area (Å²) in [4.78, 5) is 2.18. The van der Waals surface area contributed by atoms with Crippen molar-refractivity contribution in [1.29, 1.82) is 0 Å². The summed E-state index contributed by atoms with van der Waals surface area (Å²) in [6.07, 6.45) is -3.17. The standard InChI is InChI=1S/C12H23F3N2O/c1-3-16-11-4-5-17(8-10(11)2)6-7-18-9-12(13,14)15/h10-11,16H,3-9H2,1-2H3. The van der Waals surface area contributed by atoms with E-state index in [0.29, 0.717) is 18.5 Å². The Morgan fingerprint density at radius 2 is 2.11 bits per heavy atom. The number of ether oxygens (including phenoxy) is 1. The van der Waals surface area contributed by atoms with Crippen molar-refractivity contribution in [2.24, 2.45) is 5.92 Å². The van der Waals surface area contributed by atoms with Crippen LogP contribution in [0.15, 0.2) is 0 Å². The van der Waals surface area contributed by atoms with E-state index in [1.54, 1.807) is 0 Å². The average molecular weight is 268 g/mol. The Kier molecular flexibility index (Phi) is 6.38. The first-order chi connectivity index (χ1) is 8.42. The predicted molar refractivity (Wildman–Crippen MR) is 64.6 cm³/mol. The number of nitrogens with zero attached hydrogens (tertiary/aromatic N) is 1. The maximum atomic E-state index is 11.9. The van der Waals surface area contributed by atoms with Crippen LogP contribution in [0.25, 0.3) is 0 Å². The Labute approximate surface area is 107 Å². The lowest BCUT2D eigenvalue weighted by Crippen LogP contribution is -2.49. The molecule has 1 aliphatic heterocycles. The van der Waals surface area contributed by atoms with Crippen molar-refractivity contribution in [3.63, 3.8) is 0 Å². The third-order valence-corrected chi connectivity index (χ3v) is 3.27. The van der Waals surface area contributed by atoms with E-state index in [9.17, 15) is 13.2 Å². The van der Waals surface area contributed by atoms with Gasteiger partial charge in [-0.25, -0.2) is 0 Å². The highest BCUT2D eigenvalue weighted by Gasteiger charge is 2.28. The van der Waals surface area contributed by atoms with Crippen LogP contribution in [0.4, 0.5) is 13.2 Å². The van der Waals surface area contributed by atoms with Crippen LogP contribution in [0.5, 0.6) is 0 Å². The number of hydrogen-bond donors (Lipinski definition) is 1. The fourth-order valence-electron chi connectivity index (χ4n) is 2.38. The van der Waals surface area contributed by atoms with Crippen LogP contribution >= 0.6 is 0 Å². The molecule has 1 fully saturated rings. The molecule has 0 aromatic rings. The third kappa shape index (κ3) is 6.02. The van der Waals surface area contributed by atoms with Crippen molar-refractivity contribution in [2.75, 3.05) is 39.4 Å². The molecule has 0 spiro atoms. The zero-order valence-corrected chi connectivity index (χ0v) is 11.1. The molecule has 1 rings (SSSR count). The second kappa shape index (κ2) is 7.31. The van der Waals surface area contributed by atoms with Gasteiger partial charge in [-0.1, -0.05) is 13.8 Å². The summed E-state index contributed by atoms with van der Waals surface area (Å²) in [5, 5.41) is 3.44. The summed E-state index contributed by atoms with van der Waals surface area (Å²) in [5.74, 6) is 0.529. The first-order valence-electron chi connectivity index (χ1n) is 6.52. The second-order valence-corrected chi connectivity index (χ2v) is 4.90. The summed E-state index contributed by atoms with van der Waals surface area (Å²) in [5.41, 5.74) is 0. The van der Waals surface area contributed by atoms with Gasteiger partial charge in [0, 0.05) is 19.1 Å². The maximum absolute atomic E-state index is 11.9. The summed E-state index contributed by atoms with van der Waals surface area (Å²) in [6.45, 7) is 6.67. The molecule has 0 amide bonds. The quantitative estimate of drug-likeness (QED) is 0.744. The van der Waals surface area contributed by atoms with E-state index in [1.807, 2.05) is 0 Å². The lowest BCUT2D eigenvalue weighted by Gasteiger charge is -2.37. The van der Waals surface area contributed by atoms with Crippen molar-refractivity contribution in [2.45, 2.75) is 32.5 Å². The molecule has 0 aliphatic carbocycles. The van der Waals surface area contributed by atoms with E-state index in [4.69, 9.17) is 0 Å². The monoisotopic (exact) mass is 268 g/mol. The van der Waals surface area contributed by atoms with E-state index in [-0.39, 0.29) is 6.61 Å². The molecule has 18 heavy (non-hydrogen) atoms. The van der Waals surface area contributed by atoms with Gasteiger partial charge in [0.05, 0.1) is 6.61 Å². The van der Waals surface area contributed by atoms with Crippen LogP contribution in [0.3, 0.4) is 0 Å². The van der Waals surface area contributed by atoms with Crippen LogP contribution in [0.2, 0.25) is 0 Å². The molecule has 0 aromatic heterocycles. The number of rotatable bonds is 6. The van der Waals surface area contributed by atoms with Crippen LogP contribution in [0.1, 0.15) is 20.3 Å². The summed E-state index contributed by atoms with van der Waals surface area (Å²) >= 11 is 0. The van der Waals surface area contributed by atoms with E-state index >= 15 is 0 Å². The fourth-order valence-corrected chi connectivity index (χ4v) is 2.38. The van der Waals surface area contributed by atoms with Crippen LogP contribution in [-0.4, -0.2) is 56.5 Å². The van der Waals surface area contributed by atoms with Crippen LogP contribution in [0, 0.1) is 5.92 Å². The highest BCUT2D eigenvalue weighted by atomic mass is 19.4. The number of halogens is 3. The minimum absolute atomic E-state index is 0.151. The van der Waals surface area contributed by atoms with Gasteiger partial charge < -0.3 is 15.0 Å². The molecule has 1 saturated heterocycles. The van der Waals surface area contributed by atoms with E-state index < -0.39 is 12.8 Å². The molecular weight excluding hydrogens is 245 g/mol. The fraction of sp³-hybridized carbons (Fsp3) is 1.00. The van der Waals surface area contributed by atoms with Crippen molar-refractivity contribution in [3.05, 3.63) is 0 Å².